The molecule has 0 spiro atoms. The van der Waals surface area contributed by atoms with Gasteiger partial charge >= 0.3 is 0 Å². The predicted octanol–water partition coefficient (Wildman–Crippen LogP) is 3.69. The van der Waals surface area contributed by atoms with E-state index in [4.69, 9.17) is 17.0 Å². The number of ether oxygens (including phenoxy) is 1. The summed E-state index contributed by atoms with van der Waals surface area (Å²) in [5.41, 5.74) is 5.19. The number of amides is 1. The first-order valence-electron chi connectivity index (χ1n) is 8.40. The molecule has 0 aliphatic carbocycles. The molecule has 0 bridgehead atoms. The maximum absolute atomic E-state index is 11.9. The molecule has 3 nitrogen and oxygen atoms in total. The van der Waals surface area contributed by atoms with Gasteiger partial charge in [-0.1, -0.05) is 79.4 Å². The van der Waals surface area contributed by atoms with Crippen LogP contribution in [0.1, 0.15) is 11.1 Å². The Morgan fingerprint density at radius 3 is 2.56 bits per heavy atom. The Morgan fingerprint density at radius 2 is 1.93 bits per heavy atom. The molecule has 1 aliphatic heterocycles. The Hall–Kier alpha value is -2.33. The van der Waals surface area contributed by atoms with Gasteiger partial charge in [-0.25, -0.2) is 0 Å². The van der Waals surface area contributed by atoms with Crippen LogP contribution in [0.4, 0.5) is 0 Å². The molecule has 1 fully saturated rings. The summed E-state index contributed by atoms with van der Waals surface area (Å²) in [6.07, 6.45) is 1.82. The van der Waals surface area contributed by atoms with Crippen molar-refractivity contribution in [2.24, 2.45) is 0 Å². The zero-order valence-corrected chi connectivity index (χ0v) is 18.0. The Balaban J connectivity index is 1.95. The lowest BCUT2D eigenvalue weighted by Crippen LogP contribution is -2.39. The number of methoxy groups -OCH3 is 1. The SMILES string of the molecule is COc1ccc(/C=C2\SC(=S)NC2=O)cc1C#C[Si](C)(C)c1ccccc1. The van der Waals surface area contributed by atoms with Gasteiger partial charge in [-0.05, 0) is 29.0 Å². The zero-order chi connectivity index (χ0) is 19.4. The van der Waals surface area contributed by atoms with E-state index in [9.17, 15) is 4.79 Å². The summed E-state index contributed by atoms with van der Waals surface area (Å²) < 4.78 is 5.95. The summed E-state index contributed by atoms with van der Waals surface area (Å²) in [4.78, 5) is 12.5. The Labute approximate surface area is 170 Å². The molecule has 2 aromatic rings. The third-order valence-corrected chi connectivity index (χ3v) is 7.86. The van der Waals surface area contributed by atoms with Crippen LogP contribution in [0.5, 0.6) is 5.75 Å². The molecular weight excluding hydrogens is 390 g/mol. The van der Waals surface area contributed by atoms with Crippen molar-refractivity contribution in [2.75, 3.05) is 7.11 Å². The molecule has 0 atom stereocenters. The second kappa shape index (κ2) is 8.13. The lowest BCUT2D eigenvalue weighted by atomic mass is 10.1. The monoisotopic (exact) mass is 409 g/mol. The minimum atomic E-state index is -1.89. The first kappa shape index (κ1) is 19.4. The van der Waals surface area contributed by atoms with Gasteiger partial charge in [0.2, 0.25) is 0 Å². The molecule has 6 heteroatoms. The van der Waals surface area contributed by atoms with Crippen molar-refractivity contribution in [1.82, 2.24) is 5.32 Å². The first-order valence-corrected chi connectivity index (χ1v) is 12.6. The molecule has 2 aromatic carbocycles. The molecule has 1 aliphatic rings. The number of rotatable bonds is 3. The Bertz CT molecular complexity index is 988. The minimum Gasteiger partial charge on any atom is -0.495 e. The predicted molar refractivity (Wildman–Crippen MR) is 120 cm³/mol. The van der Waals surface area contributed by atoms with Gasteiger partial charge in [0.25, 0.3) is 5.91 Å². The molecule has 0 aromatic heterocycles. The molecule has 0 saturated carbocycles. The van der Waals surface area contributed by atoms with E-state index >= 15 is 0 Å². The summed E-state index contributed by atoms with van der Waals surface area (Å²) in [6.45, 7) is 4.46. The van der Waals surface area contributed by atoms with Crippen molar-refractivity contribution in [3.63, 3.8) is 0 Å². The van der Waals surface area contributed by atoms with E-state index in [0.717, 1.165) is 16.9 Å². The molecule has 136 valence electrons. The number of thioether (sulfide) groups is 1. The van der Waals surface area contributed by atoms with Gasteiger partial charge in [-0.3, -0.25) is 4.79 Å². The standard InChI is InChI=1S/C21H19NO2S2Si/c1-24-18-10-9-15(14-19-20(23)22-21(25)26-19)13-16(18)11-12-27(2,3)17-7-5-4-6-8-17/h4-10,13-14H,1-3H3,(H,22,23,25)/b19-14-. The fourth-order valence-corrected chi connectivity index (χ4v) is 5.30. The maximum Gasteiger partial charge on any atom is 0.263 e. The summed E-state index contributed by atoms with van der Waals surface area (Å²) in [5.74, 6) is 3.88. The van der Waals surface area contributed by atoms with E-state index in [0.29, 0.717) is 9.23 Å². The van der Waals surface area contributed by atoms with Crippen LogP contribution in [0.25, 0.3) is 6.08 Å². The molecule has 1 amide bonds. The van der Waals surface area contributed by atoms with Crippen molar-refractivity contribution in [1.29, 1.82) is 0 Å². The number of hydrogen-bond acceptors (Lipinski definition) is 4. The van der Waals surface area contributed by atoms with Crippen LogP contribution in [0.3, 0.4) is 0 Å². The number of nitrogens with one attached hydrogen (secondary N) is 1. The highest BCUT2D eigenvalue weighted by Crippen LogP contribution is 2.27. The van der Waals surface area contributed by atoms with Gasteiger partial charge in [-0.2, -0.15) is 0 Å². The highest BCUT2D eigenvalue weighted by Gasteiger charge is 2.22. The summed E-state index contributed by atoms with van der Waals surface area (Å²) >= 11 is 6.31. The number of carbonyl (C=O) groups excluding carboxylic acids is 1. The van der Waals surface area contributed by atoms with Crippen molar-refractivity contribution < 1.29 is 9.53 Å². The van der Waals surface area contributed by atoms with E-state index in [1.807, 2.05) is 42.5 Å². The van der Waals surface area contributed by atoms with Crippen LogP contribution in [0.2, 0.25) is 13.1 Å². The smallest absolute Gasteiger partial charge is 0.263 e. The van der Waals surface area contributed by atoms with E-state index in [-0.39, 0.29) is 5.91 Å². The third kappa shape index (κ3) is 4.69. The molecule has 1 saturated heterocycles. The second-order valence-electron chi connectivity index (χ2n) is 6.55. The summed E-state index contributed by atoms with van der Waals surface area (Å²) in [7, 11) is -0.253. The van der Waals surface area contributed by atoms with E-state index in [1.165, 1.54) is 16.9 Å². The van der Waals surface area contributed by atoms with E-state index in [1.54, 1.807) is 7.11 Å². The van der Waals surface area contributed by atoms with Crippen molar-refractivity contribution >= 4 is 53.5 Å². The molecule has 0 radical (unpaired) electrons. The van der Waals surface area contributed by atoms with Crippen molar-refractivity contribution in [3.8, 4) is 17.2 Å². The first-order chi connectivity index (χ1) is 12.9. The lowest BCUT2D eigenvalue weighted by Gasteiger charge is -2.15. The van der Waals surface area contributed by atoms with Crippen LogP contribution in [0.15, 0.2) is 53.4 Å². The van der Waals surface area contributed by atoms with Gasteiger partial charge in [0.15, 0.2) is 8.07 Å². The third-order valence-electron chi connectivity index (χ3n) is 4.17. The molecule has 1 heterocycles. The summed E-state index contributed by atoms with van der Waals surface area (Å²) in [5, 5.41) is 3.92. The molecule has 3 rings (SSSR count). The van der Waals surface area contributed by atoms with Gasteiger partial charge in [0.05, 0.1) is 17.6 Å². The lowest BCUT2D eigenvalue weighted by molar-refractivity contribution is -0.115. The molecular formula is C21H19NO2S2Si. The van der Waals surface area contributed by atoms with Crippen LogP contribution >= 0.6 is 24.0 Å². The van der Waals surface area contributed by atoms with Crippen LogP contribution in [0, 0.1) is 11.5 Å². The van der Waals surface area contributed by atoms with Crippen LogP contribution in [-0.4, -0.2) is 25.4 Å². The number of hydrogen-bond donors (Lipinski definition) is 1. The second-order valence-corrected chi connectivity index (χ2v) is 12.3. The number of benzene rings is 2. The van der Waals surface area contributed by atoms with E-state index < -0.39 is 8.07 Å². The molecule has 0 unspecified atom stereocenters. The fraction of sp³-hybridized carbons (Fsp3) is 0.143. The molecule has 1 N–H and O–H groups in total. The highest BCUT2D eigenvalue weighted by molar-refractivity contribution is 8.26. The topological polar surface area (TPSA) is 38.3 Å². The van der Waals surface area contributed by atoms with Crippen LogP contribution in [-0.2, 0) is 4.79 Å². The Morgan fingerprint density at radius 1 is 1.19 bits per heavy atom. The largest absolute Gasteiger partial charge is 0.495 e. The fourth-order valence-electron chi connectivity index (χ4n) is 2.64. The average molecular weight is 410 g/mol. The van der Waals surface area contributed by atoms with Gasteiger partial charge in [-0.15, -0.1) is 5.54 Å². The average Bonchev–Trinajstić information content (AvgIpc) is 2.98. The number of thiocarbonyl (C=S) groups is 1. The van der Waals surface area contributed by atoms with Gasteiger partial charge in [0.1, 0.15) is 10.1 Å². The van der Waals surface area contributed by atoms with Crippen molar-refractivity contribution in [2.45, 2.75) is 13.1 Å². The normalized spacial score (nSPS) is 15.3. The van der Waals surface area contributed by atoms with Gasteiger partial charge < -0.3 is 10.1 Å². The molecule has 27 heavy (non-hydrogen) atoms. The quantitative estimate of drug-likeness (QED) is 0.363. The van der Waals surface area contributed by atoms with Crippen LogP contribution < -0.4 is 15.2 Å². The summed E-state index contributed by atoms with van der Waals surface area (Å²) in [6, 6.07) is 16.1. The maximum atomic E-state index is 11.9. The zero-order valence-electron chi connectivity index (χ0n) is 15.3. The van der Waals surface area contributed by atoms with Gasteiger partial charge in [0, 0.05) is 0 Å². The highest BCUT2D eigenvalue weighted by atomic mass is 32.2. The Kier molecular flexibility index (Phi) is 5.85. The van der Waals surface area contributed by atoms with Crippen molar-refractivity contribution in [3.05, 3.63) is 64.6 Å². The minimum absolute atomic E-state index is 0.161. The number of carbonyl (C=O) groups is 1. The van der Waals surface area contributed by atoms with E-state index in [2.05, 4.69) is 42.0 Å².